The predicted octanol–water partition coefficient (Wildman–Crippen LogP) is 0.250. The van der Waals surface area contributed by atoms with Gasteiger partial charge in [0.2, 0.25) is 0 Å². The average molecular weight is 181 g/mol. The summed E-state index contributed by atoms with van der Waals surface area (Å²) in [6, 6.07) is 0. The van der Waals surface area contributed by atoms with Gasteiger partial charge in [0.05, 0.1) is 0 Å². The van der Waals surface area contributed by atoms with Gasteiger partial charge in [0, 0.05) is 7.05 Å². The Kier molecular flexibility index (Phi) is 1.47. The monoisotopic (exact) mass is 181 g/mol. The van der Waals surface area contributed by atoms with E-state index in [4.69, 9.17) is 0 Å². The molecule has 13 heavy (non-hydrogen) atoms. The number of carbonyl (C=O) groups is 1. The van der Waals surface area contributed by atoms with Crippen molar-refractivity contribution in [2.24, 2.45) is 10.4 Å². The van der Waals surface area contributed by atoms with Gasteiger partial charge in [-0.25, -0.2) is 0 Å². The minimum absolute atomic E-state index is 0.0492. The third-order valence-corrected chi connectivity index (χ3v) is 3.49. The smallest absolute Gasteiger partial charge is 0.252 e. The molecule has 4 nitrogen and oxygen atoms in total. The molecule has 0 bridgehead atoms. The Morgan fingerprint density at radius 3 is 2.38 bits per heavy atom. The number of carbonyl (C=O) groups excluding carboxylic acids is 1. The number of hydrogen-bond donors (Lipinski definition) is 2. The highest BCUT2D eigenvalue weighted by molar-refractivity contribution is 6.09. The van der Waals surface area contributed by atoms with Gasteiger partial charge in [0.25, 0.3) is 5.91 Å². The molecular weight excluding hydrogens is 166 g/mol. The van der Waals surface area contributed by atoms with E-state index >= 15 is 0 Å². The Morgan fingerprint density at radius 1 is 1.38 bits per heavy atom. The van der Waals surface area contributed by atoms with E-state index in [-0.39, 0.29) is 11.3 Å². The second-order valence-corrected chi connectivity index (χ2v) is 4.34. The van der Waals surface area contributed by atoms with Crippen LogP contribution in [-0.2, 0) is 4.79 Å². The number of rotatable bonds is 1. The summed E-state index contributed by atoms with van der Waals surface area (Å²) in [6.45, 7) is 4.09. The molecule has 1 amide bonds. The van der Waals surface area contributed by atoms with E-state index in [2.05, 4.69) is 22.5 Å². The molecule has 4 heteroatoms. The van der Waals surface area contributed by atoms with Crippen LogP contribution in [0.15, 0.2) is 4.99 Å². The van der Waals surface area contributed by atoms with Crippen molar-refractivity contribution < 1.29 is 4.79 Å². The Labute approximate surface area is 77.8 Å². The zero-order valence-electron chi connectivity index (χ0n) is 8.27. The molecule has 2 N–H and O–H groups in total. The van der Waals surface area contributed by atoms with E-state index in [1.807, 2.05) is 6.92 Å². The Morgan fingerprint density at radius 2 is 2.00 bits per heavy atom. The number of nitrogens with one attached hydrogen (secondary N) is 2. The summed E-state index contributed by atoms with van der Waals surface area (Å²) in [5.74, 6) is 0.647. The first-order chi connectivity index (χ1) is 6.02. The maximum absolute atomic E-state index is 11.7. The maximum atomic E-state index is 11.7. The van der Waals surface area contributed by atoms with Crippen molar-refractivity contribution in [2.45, 2.75) is 32.2 Å². The van der Waals surface area contributed by atoms with Gasteiger partial charge in [-0.15, -0.1) is 0 Å². The fourth-order valence-corrected chi connectivity index (χ4v) is 1.78. The van der Waals surface area contributed by atoms with Crippen molar-refractivity contribution in [1.82, 2.24) is 10.6 Å². The van der Waals surface area contributed by atoms with Crippen LogP contribution in [0.1, 0.15) is 26.7 Å². The summed E-state index contributed by atoms with van der Waals surface area (Å²) in [5, 5.41) is 5.90. The zero-order chi connectivity index (χ0) is 9.69. The van der Waals surface area contributed by atoms with Crippen LogP contribution in [0.25, 0.3) is 0 Å². The first-order valence-electron chi connectivity index (χ1n) is 4.58. The highest BCUT2D eigenvalue weighted by Gasteiger charge is 2.60. The lowest BCUT2D eigenvalue weighted by Crippen LogP contribution is -2.50. The molecule has 1 aliphatic heterocycles. The fourth-order valence-electron chi connectivity index (χ4n) is 1.78. The summed E-state index contributed by atoms with van der Waals surface area (Å²) in [4.78, 5) is 15.6. The molecule has 1 saturated carbocycles. The largest absolute Gasteiger partial charge is 0.341 e. The van der Waals surface area contributed by atoms with Crippen molar-refractivity contribution in [1.29, 1.82) is 0 Å². The van der Waals surface area contributed by atoms with E-state index in [9.17, 15) is 4.79 Å². The van der Waals surface area contributed by atoms with Crippen molar-refractivity contribution in [3.05, 3.63) is 0 Å². The van der Waals surface area contributed by atoms with Crippen LogP contribution < -0.4 is 10.6 Å². The average Bonchev–Trinajstić information content (AvgIpc) is 2.76. The van der Waals surface area contributed by atoms with Gasteiger partial charge in [0.15, 0.2) is 5.96 Å². The van der Waals surface area contributed by atoms with Crippen LogP contribution >= 0.6 is 0 Å². The van der Waals surface area contributed by atoms with Gasteiger partial charge in [-0.3, -0.25) is 15.1 Å². The Balaban J connectivity index is 2.29. The van der Waals surface area contributed by atoms with E-state index < -0.39 is 5.54 Å². The minimum atomic E-state index is -0.457. The fraction of sp³-hybridized carbons (Fsp3) is 0.778. The van der Waals surface area contributed by atoms with Gasteiger partial charge < -0.3 is 5.32 Å². The number of hydrogen-bond acceptors (Lipinski definition) is 2. The SMILES string of the molecule is CN=C1NC(=O)C(C)(C2(C)CC2)N1. The van der Waals surface area contributed by atoms with Crippen molar-refractivity contribution in [3.8, 4) is 0 Å². The number of guanidine groups is 1. The van der Waals surface area contributed by atoms with E-state index in [0.29, 0.717) is 5.96 Å². The lowest BCUT2D eigenvalue weighted by atomic mass is 9.84. The summed E-state index contributed by atoms with van der Waals surface area (Å²) in [6.07, 6.45) is 2.22. The topological polar surface area (TPSA) is 53.5 Å². The van der Waals surface area contributed by atoms with E-state index in [1.54, 1.807) is 7.05 Å². The molecule has 1 aliphatic carbocycles. The standard InChI is InChI=1S/C9H15N3O/c1-8(4-5-8)9(2)6(13)11-7(10-3)12-9/h4-5H2,1-3H3,(H2,10,11,12,13). The van der Waals surface area contributed by atoms with Gasteiger partial charge in [-0.05, 0) is 25.2 Å². The van der Waals surface area contributed by atoms with Gasteiger partial charge in [-0.2, -0.15) is 0 Å². The van der Waals surface area contributed by atoms with Crippen molar-refractivity contribution in [3.63, 3.8) is 0 Å². The lowest BCUT2D eigenvalue weighted by molar-refractivity contribution is -0.125. The van der Waals surface area contributed by atoms with Gasteiger partial charge in [-0.1, -0.05) is 6.92 Å². The molecule has 1 atom stereocenters. The number of nitrogens with zero attached hydrogens (tertiary/aromatic N) is 1. The molecular formula is C9H15N3O. The van der Waals surface area contributed by atoms with Crippen molar-refractivity contribution in [2.75, 3.05) is 7.05 Å². The summed E-state index contributed by atoms with van der Waals surface area (Å²) in [7, 11) is 1.67. The van der Waals surface area contributed by atoms with E-state index in [0.717, 1.165) is 12.8 Å². The maximum Gasteiger partial charge on any atom is 0.252 e. The highest BCUT2D eigenvalue weighted by Crippen LogP contribution is 2.54. The van der Waals surface area contributed by atoms with E-state index in [1.165, 1.54) is 0 Å². The van der Waals surface area contributed by atoms with Crippen LogP contribution in [-0.4, -0.2) is 24.5 Å². The summed E-state index contributed by atoms with van der Waals surface area (Å²) in [5.41, 5.74) is -0.342. The van der Waals surface area contributed by atoms with Crippen LogP contribution in [0, 0.1) is 5.41 Å². The predicted molar refractivity (Wildman–Crippen MR) is 50.4 cm³/mol. The Hall–Kier alpha value is -1.06. The highest BCUT2D eigenvalue weighted by atomic mass is 16.2. The lowest BCUT2D eigenvalue weighted by Gasteiger charge is -2.28. The van der Waals surface area contributed by atoms with Crippen LogP contribution in [0.3, 0.4) is 0 Å². The molecule has 0 aromatic carbocycles. The molecule has 1 heterocycles. The molecule has 0 aromatic heterocycles. The molecule has 1 saturated heterocycles. The first-order valence-corrected chi connectivity index (χ1v) is 4.58. The molecule has 1 unspecified atom stereocenters. The summed E-state index contributed by atoms with van der Waals surface area (Å²) < 4.78 is 0. The number of amides is 1. The molecule has 0 aromatic rings. The van der Waals surface area contributed by atoms with Crippen molar-refractivity contribution >= 4 is 11.9 Å². The first kappa shape index (κ1) is 8.53. The van der Waals surface area contributed by atoms with Crippen LogP contribution in [0.4, 0.5) is 0 Å². The van der Waals surface area contributed by atoms with Gasteiger partial charge in [0.1, 0.15) is 5.54 Å². The molecule has 2 fully saturated rings. The summed E-state index contributed by atoms with van der Waals surface area (Å²) >= 11 is 0. The third kappa shape index (κ3) is 0.975. The van der Waals surface area contributed by atoms with Gasteiger partial charge >= 0.3 is 0 Å². The second kappa shape index (κ2) is 2.25. The zero-order valence-corrected chi connectivity index (χ0v) is 8.27. The normalized spacial score (nSPS) is 38.7. The van der Waals surface area contributed by atoms with Crippen LogP contribution in [0.5, 0.6) is 0 Å². The Bertz CT molecular complexity index is 293. The molecule has 2 aliphatic rings. The molecule has 72 valence electrons. The second-order valence-electron chi connectivity index (χ2n) is 4.34. The molecule has 2 rings (SSSR count). The third-order valence-electron chi connectivity index (χ3n) is 3.49. The number of aliphatic imine (C=N–C) groups is 1. The molecule has 0 spiro atoms. The quantitative estimate of drug-likeness (QED) is 0.609. The minimum Gasteiger partial charge on any atom is -0.341 e. The van der Waals surface area contributed by atoms with Crippen LogP contribution in [0.2, 0.25) is 0 Å². The molecule has 0 radical (unpaired) electrons.